The highest BCUT2D eigenvalue weighted by Crippen LogP contribution is 2.15. The van der Waals surface area contributed by atoms with Crippen LogP contribution in [0.1, 0.15) is 6.42 Å². The Morgan fingerprint density at radius 2 is 2.50 bits per heavy atom. The van der Waals surface area contributed by atoms with Crippen molar-refractivity contribution in [1.82, 2.24) is 4.90 Å². The van der Waals surface area contributed by atoms with Crippen molar-refractivity contribution in [2.75, 3.05) is 19.7 Å². The van der Waals surface area contributed by atoms with E-state index in [9.17, 15) is 4.79 Å². The Labute approximate surface area is 59.6 Å². The van der Waals surface area contributed by atoms with Gasteiger partial charge in [-0.05, 0) is 6.42 Å². The van der Waals surface area contributed by atoms with Crippen molar-refractivity contribution in [2.45, 2.75) is 12.5 Å². The first-order valence-electron chi connectivity index (χ1n) is 3.40. The van der Waals surface area contributed by atoms with Crippen LogP contribution in [0, 0.1) is 0 Å². The number of rotatable bonds is 4. The summed E-state index contributed by atoms with van der Waals surface area (Å²) in [6, 6.07) is -0.0495. The summed E-state index contributed by atoms with van der Waals surface area (Å²) in [6.45, 7) is 1.74. The number of carbonyl (C=O) groups is 1. The molecule has 2 atom stereocenters. The Hall–Kier alpha value is -0.610. The summed E-state index contributed by atoms with van der Waals surface area (Å²) in [6.07, 6.45) is 0.726. The largest absolute Gasteiger partial charge is 0.396 e. The van der Waals surface area contributed by atoms with E-state index in [2.05, 4.69) is 0 Å². The standard InChI is InChI=1S/C6H12N2O2/c7-6(10)5-4-8(5)2-1-3-9/h5,9H,1-4H2,(H2,7,10). The number of aliphatic hydroxyl groups excluding tert-OH is 1. The third-order valence-electron chi connectivity index (χ3n) is 1.65. The van der Waals surface area contributed by atoms with Crippen molar-refractivity contribution in [1.29, 1.82) is 0 Å². The highest BCUT2D eigenvalue weighted by molar-refractivity contribution is 5.82. The van der Waals surface area contributed by atoms with Gasteiger partial charge in [-0.2, -0.15) is 0 Å². The molecule has 3 N–H and O–H groups in total. The molecule has 0 saturated carbocycles. The zero-order chi connectivity index (χ0) is 7.56. The lowest BCUT2D eigenvalue weighted by atomic mass is 10.4. The van der Waals surface area contributed by atoms with E-state index in [1.165, 1.54) is 0 Å². The molecule has 1 fully saturated rings. The van der Waals surface area contributed by atoms with Crippen LogP contribution >= 0.6 is 0 Å². The number of nitrogens with zero attached hydrogens (tertiary/aromatic N) is 1. The molecule has 2 unspecified atom stereocenters. The van der Waals surface area contributed by atoms with E-state index in [-0.39, 0.29) is 18.6 Å². The van der Waals surface area contributed by atoms with Crippen LogP contribution in [-0.2, 0) is 4.79 Å². The van der Waals surface area contributed by atoms with Gasteiger partial charge in [0.1, 0.15) is 6.04 Å². The van der Waals surface area contributed by atoms with Crippen LogP contribution in [0.3, 0.4) is 0 Å². The topological polar surface area (TPSA) is 66.3 Å². The quantitative estimate of drug-likeness (QED) is 0.474. The van der Waals surface area contributed by atoms with Crippen LogP contribution in [0.15, 0.2) is 0 Å². The highest BCUT2D eigenvalue weighted by atomic mass is 16.3. The maximum absolute atomic E-state index is 10.5. The summed E-state index contributed by atoms with van der Waals surface area (Å²) in [7, 11) is 0. The van der Waals surface area contributed by atoms with Gasteiger partial charge in [-0.3, -0.25) is 9.69 Å². The van der Waals surface area contributed by atoms with Gasteiger partial charge in [-0.1, -0.05) is 0 Å². The number of hydrogen-bond acceptors (Lipinski definition) is 3. The van der Waals surface area contributed by atoms with E-state index >= 15 is 0 Å². The smallest absolute Gasteiger partial charge is 0.236 e. The molecule has 0 aromatic carbocycles. The zero-order valence-corrected chi connectivity index (χ0v) is 5.79. The Morgan fingerprint density at radius 3 is 2.90 bits per heavy atom. The second kappa shape index (κ2) is 2.98. The number of carbonyl (C=O) groups excluding carboxylic acids is 1. The molecule has 0 radical (unpaired) electrons. The lowest BCUT2D eigenvalue weighted by Gasteiger charge is -1.97. The Balaban J connectivity index is 2.08. The van der Waals surface area contributed by atoms with Gasteiger partial charge in [0.05, 0.1) is 0 Å². The molecule has 10 heavy (non-hydrogen) atoms. The minimum Gasteiger partial charge on any atom is -0.396 e. The molecular formula is C6H12N2O2. The van der Waals surface area contributed by atoms with Crippen molar-refractivity contribution < 1.29 is 9.90 Å². The van der Waals surface area contributed by atoms with E-state index in [1.54, 1.807) is 0 Å². The number of nitrogens with two attached hydrogens (primary N) is 1. The summed E-state index contributed by atoms with van der Waals surface area (Å²) >= 11 is 0. The molecule has 1 aliphatic heterocycles. The summed E-state index contributed by atoms with van der Waals surface area (Å²) < 4.78 is 0. The second-order valence-corrected chi connectivity index (χ2v) is 2.49. The van der Waals surface area contributed by atoms with Crippen molar-refractivity contribution >= 4 is 5.91 Å². The predicted octanol–water partition coefficient (Wildman–Crippen LogP) is -1.46. The minimum atomic E-state index is -0.252. The maximum atomic E-state index is 10.5. The van der Waals surface area contributed by atoms with Crippen LogP contribution in [0.2, 0.25) is 0 Å². The van der Waals surface area contributed by atoms with Gasteiger partial charge in [-0.25, -0.2) is 0 Å². The first-order chi connectivity index (χ1) is 4.75. The van der Waals surface area contributed by atoms with Gasteiger partial charge >= 0.3 is 0 Å². The maximum Gasteiger partial charge on any atom is 0.236 e. The van der Waals surface area contributed by atoms with E-state index in [0.717, 1.165) is 19.5 Å². The first kappa shape index (κ1) is 7.50. The highest BCUT2D eigenvalue weighted by Gasteiger charge is 2.37. The van der Waals surface area contributed by atoms with Crippen LogP contribution in [0.5, 0.6) is 0 Å². The van der Waals surface area contributed by atoms with Gasteiger partial charge in [0.15, 0.2) is 0 Å². The van der Waals surface area contributed by atoms with E-state index in [4.69, 9.17) is 10.8 Å². The SMILES string of the molecule is NC(=O)C1CN1CCCO. The lowest BCUT2D eigenvalue weighted by molar-refractivity contribution is -0.118. The minimum absolute atomic E-state index is 0.0495. The number of hydrogen-bond donors (Lipinski definition) is 2. The van der Waals surface area contributed by atoms with Crippen molar-refractivity contribution in [2.24, 2.45) is 5.73 Å². The fourth-order valence-electron chi connectivity index (χ4n) is 0.966. The molecule has 4 heteroatoms. The monoisotopic (exact) mass is 144 g/mol. The fourth-order valence-corrected chi connectivity index (χ4v) is 0.966. The number of amides is 1. The molecule has 1 heterocycles. The molecular weight excluding hydrogens is 132 g/mol. The van der Waals surface area contributed by atoms with Crippen molar-refractivity contribution in [3.05, 3.63) is 0 Å². The fraction of sp³-hybridized carbons (Fsp3) is 0.833. The van der Waals surface area contributed by atoms with E-state index in [1.807, 2.05) is 4.90 Å². The third-order valence-corrected chi connectivity index (χ3v) is 1.65. The van der Waals surface area contributed by atoms with Gasteiger partial charge < -0.3 is 10.8 Å². The van der Waals surface area contributed by atoms with Gasteiger partial charge in [0.2, 0.25) is 5.91 Å². The molecule has 0 spiro atoms. The van der Waals surface area contributed by atoms with Crippen LogP contribution in [-0.4, -0.2) is 41.7 Å². The summed E-state index contributed by atoms with van der Waals surface area (Å²) in [5, 5.41) is 8.42. The average Bonchev–Trinajstić information content (AvgIpc) is 2.62. The molecule has 1 aliphatic rings. The van der Waals surface area contributed by atoms with Crippen molar-refractivity contribution in [3.8, 4) is 0 Å². The van der Waals surface area contributed by atoms with Gasteiger partial charge in [0.25, 0.3) is 0 Å². The Kier molecular flexibility index (Phi) is 2.24. The molecule has 0 bridgehead atoms. The van der Waals surface area contributed by atoms with Gasteiger partial charge in [-0.15, -0.1) is 0 Å². The molecule has 1 rings (SSSR count). The van der Waals surface area contributed by atoms with E-state index in [0.29, 0.717) is 0 Å². The molecule has 4 nitrogen and oxygen atoms in total. The molecule has 1 amide bonds. The van der Waals surface area contributed by atoms with Gasteiger partial charge in [0, 0.05) is 19.7 Å². The number of aliphatic hydroxyl groups is 1. The van der Waals surface area contributed by atoms with E-state index < -0.39 is 0 Å². The second-order valence-electron chi connectivity index (χ2n) is 2.49. The first-order valence-corrected chi connectivity index (χ1v) is 3.40. The molecule has 0 aliphatic carbocycles. The molecule has 58 valence electrons. The molecule has 1 saturated heterocycles. The van der Waals surface area contributed by atoms with Crippen LogP contribution in [0.25, 0.3) is 0 Å². The zero-order valence-electron chi connectivity index (χ0n) is 5.79. The summed E-state index contributed by atoms with van der Waals surface area (Å²) in [5.74, 6) is -0.252. The molecule has 0 aromatic rings. The summed E-state index contributed by atoms with van der Waals surface area (Å²) in [4.78, 5) is 12.4. The normalized spacial score (nSPS) is 30.1. The Morgan fingerprint density at radius 1 is 1.80 bits per heavy atom. The number of primary amides is 1. The summed E-state index contributed by atoms with van der Waals surface area (Å²) in [5.41, 5.74) is 5.02. The molecule has 0 aromatic heterocycles. The van der Waals surface area contributed by atoms with Crippen molar-refractivity contribution in [3.63, 3.8) is 0 Å². The Bertz CT molecular complexity index is 138. The van der Waals surface area contributed by atoms with Crippen LogP contribution in [0.4, 0.5) is 0 Å². The lowest BCUT2D eigenvalue weighted by Crippen LogP contribution is -2.22. The predicted molar refractivity (Wildman–Crippen MR) is 36.3 cm³/mol. The third kappa shape index (κ3) is 1.68. The van der Waals surface area contributed by atoms with Crippen LogP contribution < -0.4 is 5.73 Å². The average molecular weight is 144 g/mol.